The molecular weight excluding hydrogens is 296 g/mol. The molecule has 1 aromatic carbocycles. The molecule has 0 aromatic heterocycles. The highest BCUT2D eigenvalue weighted by Gasteiger charge is 2.24. The van der Waals surface area contributed by atoms with E-state index in [4.69, 9.17) is 5.14 Å². The number of carbonyl (C=O) groups is 1. The molecule has 0 aliphatic carbocycles. The monoisotopic (exact) mass is 314 g/mol. The second-order valence-electron chi connectivity index (χ2n) is 4.90. The van der Waals surface area contributed by atoms with E-state index in [2.05, 4.69) is 5.32 Å². The van der Waals surface area contributed by atoms with Crippen molar-refractivity contribution < 1.29 is 13.2 Å². The van der Waals surface area contributed by atoms with Crippen molar-refractivity contribution in [3.05, 3.63) is 29.8 Å². The molecule has 3 N–H and O–H groups in total. The van der Waals surface area contributed by atoms with E-state index in [1.807, 2.05) is 6.92 Å². The smallest absolute Gasteiger partial charge is 0.238 e. The van der Waals surface area contributed by atoms with Gasteiger partial charge in [-0.15, -0.1) is 0 Å². The molecule has 0 saturated carbocycles. The van der Waals surface area contributed by atoms with Crippen LogP contribution in [0.15, 0.2) is 29.2 Å². The van der Waals surface area contributed by atoms with Gasteiger partial charge in [-0.1, -0.05) is 12.1 Å². The first-order valence-corrected chi connectivity index (χ1v) is 9.09. The van der Waals surface area contributed by atoms with Gasteiger partial charge in [0, 0.05) is 11.7 Å². The number of carbonyl (C=O) groups excluding carboxylic acids is 1. The summed E-state index contributed by atoms with van der Waals surface area (Å²) in [6.07, 6.45) is 0.924. The van der Waals surface area contributed by atoms with Crippen molar-refractivity contribution in [2.75, 3.05) is 11.5 Å². The Kier molecular flexibility index (Phi) is 4.72. The second-order valence-corrected chi connectivity index (χ2v) is 7.62. The number of hydrogen-bond acceptors (Lipinski definition) is 4. The molecular formula is C13H18N2O3S2. The Bertz CT molecular complexity index is 578. The summed E-state index contributed by atoms with van der Waals surface area (Å²) in [6, 6.07) is 6.11. The fourth-order valence-electron chi connectivity index (χ4n) is 2.10. The Balaban J connectivity index is 2.02. The average Bonchev–Trinajstić information content (AvgIpc) is 2.91. The first-order valence-electron chi connectivity index (χ1n) is 6.39. The lowest BCUT2D eigenvalue weighted by Gasteiger charge is -2.17. The molecule has 0 spiro atoms. The number of thioether (sulfide) groups is 1. The van der Waals surface area contributed by atoms with Crippen LogP contribution in [0.3, 0.4) is 0 Å². The molecule has 0 bridgehead atoms. The SMILES string of the molecule is CC(NC(=O)C1CCSC1)c1ccc(S(N)(=O)=O)cc1. The van der Waals surface area contributed by atoms with Crippen LogP contribution in [0.2, 0.25) is 0 Å². The Hall–Kier alpha value is -1.05. The van der Waals surface area contributed by atoms with Crippen molar-refractivity contribution in [1.29, 1.82) is 0 Å². The van der Waals surface area contributed by atoms with Gasteiger partial charge in [-0.25, -0.2) is 13.6 Å². The lowest BCUT2D eigenvalue weighted by atomic mass is 10.1. The number of nitrogens with two attached hydrogens (primary N) is 1. The normalized spacial score (nSPS) is 20.6. The fraction of sp³-hybridized carbons (Fsp3) is 0.462. The number of hydrogen-bond donors (Lipinski definition) is 2. The zero-order valence-electron chi connectivity index (χ0n) is 11.2. The molecule has 7 heteroatoms. The lowest BCUT2D eigenvalue weighted by molar-refractivity contribution is -0.124. The lowest BCUT2D eigenvalue weighted by Crippen LogP contribution is -2.32. The Morgan fingerprint density at radius 2 is 2.05 bits per heavy atom. The standard InChI is InChI=1S/C13H18N2O3S2/c1-9(15-13(16)11-6-7-19-8-11)10-2-4-12(5-3-10)20(14,17)18/h2-5,9,11H,6-8H2,1H3,(H,15,16)(H2,14,17,18). The van der Waals surface area contributed by atoms with E-state index in [0.717, 1.165) is 23.5 Å². The number of rotatable bonds is 4. The van der Waals surface area contributed by atoms with Gasteiger partial charge in [-0.05, 0) is 36.8 Å². The number of amides is 1. The van der Waals surface area contributed by atoms with Crippen molar-refractivity contribution in [1.82, 2.24) is 5.32 Å². The van der Waals surface area contributed by atoms with E-state index in [9.17, 15) is 13.2 Å². The summed E-state index contributed by atoms with van der Waals surface area (Å²) >= 11 is 1.80. The molecule has 2 rings (SSSR count). The van der Waals surface area contributed by atoms with E-state index in [1.54, 1.807) is 23.9 Å². The molecule has 1 heterocycles. The highest BCUT2D eigenvalue weighted by Crippen LogP contribution is 2.24. The van der Waals surface area contributed by atoms with Gasteiger partial charge in [0.25, 0.3) is 0 Å². The van der Waals surface area contributed by atoms with Crippen LogP contribution >= 0.6 is 11.8 Å². The Morgan fingerprint density at radius 1 is 1.40 bits per heavy atom. The molecule has 2 unspecified atom stereocenters. The maximum atomic E-state index is 12.0. The van der Waals surface area contributed by atoms with Crippen LogP contribution in [0.4, 0.5) is 0 Å². The first kappa shape index (κ1) is 15.3. The number of nitrogens with one attached hydrogen (secondary N) is 1. The van der Waals surface area contributed by atoms with Crippen molar-refractivity contribution in [2.45, 2.75) is 24.3 Å². The van der Waals surface area contributed by atoms with Crippen molar-refractivity contribution >= 4 is 27.7 Å². The fourth-order valence-corrected chi connectivity index (χ4v) is 3.84. The summed E-state index contributed by atoms with van der Waals surface area (Å²) in [4.78, 5) is 12.1. The van der Waals surface area contributed by atoms with Crippen molar-refractivity contribution in [3.8, 4) is 0 Å². The van der Waals surface area contributed by atoms with Gasteiger partial charge in [-0.3, -0.25) is 4.79 Å². The third-order valence-electron chi connectivity index (χ3n) is 3.37. The van der Waals surface area contributed by atoms with Gasteiger partial charge >= 0.3 is 0 Å². The molecule has 0 radical (unpaired) electrons. The van der Waals surface area contributed by atoms with Gasteiger partial charge < -0.3 is 5.32 Å². The first-order chi connectivity index (χ1) is 9.38. The predicted molar refractivity (Wildman–Crippen MR) is 79.8 cm³/mol. The van der Waals surface area contributed by atoms with Crippen molar-refractivity contribution in [2.24, 2.45) is 11.1 Å². The summed E-state index contributed by atoms with van der Waals surface area (Å²) in [5.41, 5.74) is 0.858. The van der Waals surface area contributed by atoms with Crippen LogP contribution in [-0.2, 0) is 14.8 Å². The van der Waals surface area contributed by atoms with Gasteiger partial charge in [-0.2, -0.15) is 11.8 Å². The molecule has 2 atom stereocenters. The minimum atomic E-state index is -3.67. The van der Waals surface area contributed by atoms with Crippen molar-refractivity contribution in [3.63, 3.8) is 0 Å². The molecule has 110 valence electrons. The molecule has 1 aliphatic heterocycles. The zero-order chi connectivity index (χ0) is 14.8. The molecule has 1 amide bonds. The molecule has 1 aromatic rings. The Labute approximate surface area is 123 Å². The third-order valence-corrected chi connectivity index (χ3v) is 5.46. The van der Waals surface area contributed by atoms with Crippen LogP contribution in [-0.4, -0.2) is 25.8 Å². The molecule has 1 saturated heterocycles. The largest absolute Gasteiger partial charge is 0.349 e. The number of primary sulfonamides is 1. The topological polar surface area (TPSA) is 89.3 Å². The summed E-state index contributed by atoms with van der Waals surface area (Å²) < 4.78 is 22.3. The molecule has 20 heavy (non-hydrogen) atoms. The summed E-state index contributed by atoms with van der Waals surface area (Å²) in [7, 11) is -3.67. The highest BCUT2D eigenvalue weighted by atomic mass is 32.2. The van der Waals surface area contributed by atoms with E-state index < -0.39 is 10.0 Å². The van der Waals surface area contributed by atoms with Gasteiger partial charge in [0.2, 0.25) is 15.9 Å². The highest BCUT2D eigenvalue weighted by molar-refractivity contribution is 7.99. The zero-order valence-corrected chi connectivity index (χ0v) is 12.8. The second kappa shape index (κ2) is 6.15. The van der Waals surface area contributed by atoms with E-state index in [-0.39, 0.29) is 22.8 Å². The van der Waals surface area contributed by atoms with Crippen LogP contribution in [0.25, 0.3) is 0 Å². The van der Waals surface area contributed by atoms with E-state index in [0.29, 0.717) is 0 Å². The van der Waals surface area contributed by atoms with Crippen LogP contribution in [0.5, 0.6) is 0 Å². The van der Waals surface area contributed by atoms with Gasteiger partial charge in [0.05, 0.1) is 10.9 Å². The maximum absolute atomic E-state index is 12.0. The Morgan fingerprint density at radius 3 is 2.55 bits per heavy atom. The minimum Gasteiger partial charge on any atom is -0.349 e. The summed E-state index contributed by atoms with van der Waals surface area (Å²) in [6.45, 7) is 1.88. The quantitative estimate of drug-likeness (QED) is 0.875. The predicted octanol–water partition coefficient (Wildman–Crippen LogP) is 1.26. The molecule has 5 nitrogen and oxygen atoms in total. The minimum absolute atomic E-state index is 0.0676. The number of benzene rings is 1. The van der Waals surface area contributed by atoms with Gasteiger partial charge in [0.1, 0.15) is 0 Å². The van der Waals surface area contributed by atoms with Crippen LogP contribution < -0.4 is 10.5 Å². The number of sulfonamides is 1. The maximum Gasteiger partial charge on any atom is 0.238 e. The average molecular weight is 314 g/mol. The van der Waals surface area contributed by atoms with E-state index in [1.165, 1.54) is 12.1 Å². The third kappa shape index (κ3) is 3.74. The van der Waals surface area contributed by atoms with Crippen LogP contribution in [0.1, 0.15) is 24.9 Å². The molecule has 1 fully saturated rings. The summed E-state index contributed by atoms with van der Waals surface area (Å²) in [5.74, 6) is 2.07. The summed E-state index contributed by atoms with van der Waals surface area (Å²) in [5, 5.41) is 8.01. The van der Waals surface area contributed by atoms with Gasteiger partial charge in [0.15, 0.2) is 0 Å². The van der Waals surface area contributed by atoms with E-state index >= 15 is 0 Å². The van der Waals surface area contributed by atoms with Crippen LogP contribution in [0, 0.1) is 5.92 Å². The molecule has 1 aliphatic rings.